The molecule has 138 valence electrons. The molecule has 27 heavy (non-hydrogen) atoms. The van der Waals surface area contributed by atoms with Crippen molar-refractivity contribution in [3.8, 4) is 5.69 Å². The number of methoxy groups -OCH3 is 2. The van der Waals surface area contributed by atoms with Gasteiger partial charge in [-0.3, -0.25) is 0 Å². The first-order chi connectivity index (χ1) is 13.1. The predicted octanol–water partition coefficient (Wildman–Crippen LogP) is 1.46. The molecule has 0 unspecified atom stereocenters. The number of carbonyl (C=O) groups excluding carboxylic acids is 2. The average molecular weight is 367 g/mol. The maximum Gasteiger partial charge on any atom is 0.355 e. The Morgan fingerprint density at radius 2 is 1.85 bits per heavy atom. The van der Waals surface area contributed by atoms with Gasteiger partial charge in [0.1, 0.15) is 12.0 Å². The largest absolute Gasteiger partial charge is 0.465 e. The summed E-state index contributed by atoms with van der Waals surface area (Å²) in [6.45, 7) is 1.89. The summed E-state index contributed by atoms with van der Waals surface area (Å²) in [5.41, 5.74) is 2.34. The Kier molecular flexibility index (Phi) is 5.11. The highest BCUT2D eigenvalue weighted by Gasteiger charge is 2.28. The zero-order chi connectivity index (χ0) is 19.4. The number of hydrogen-bond acceptors (Lipinski definition) is 8. The number of esters is 2. The number of ether oxygens (including phenoxy) is 2. The highest BCUT2D eigenvalue weighted by atomic mass is 16.5. The highest BCUT2D eigenvalue weighted by molar-refractivity contribution is 6.05. The fourth-order valence-electron chi connectivity index (χ4n) is 2.63. The highest BCUT2D eigenvalue weighted by Crippen LogP contribution is 2.30. The van der Waals surface area contributed by atoms with Gasteiger partial charge >= 0.3 is 11.9 Å². The van der Waals surface area contributed by atoms with Gasteiger partial charge in [0.05, 0.1) is 31.2 Å². The van der Waals surface area contributed by atoms with Crippen molar-refractivity contribution >= 4 is 17.6 Å². The topological polar surface area (TPSA) is 99.4 Å². The van der Waals surface area contributed by atoms with Crippen LogP contribution in [0.4, 0.5) is 5.69 Å². The van der Waals surface area contributed by atoms with E-state index in [-0.39, 0.29) is 11.3 Å². The lowest BCUT2D eigenvalue weighted by Gasteiger charge is -2.25. The molecule has 1 aliphatic heterocycles. The zero-order valence-electron chi connectivity index (χ0n) is 15.0. The van der Waals surface area contributed by atoms with Crippen molar-refractivity contribution < 1.29 is 19.1 Å². The summed E-state index contributed by atoms with van der Waals surface area (Å²) in [6, 6.07) is 5.52. The van der Waals surface area contributed by atoms with Crippen LogP contribution in [-0.2, 0) is 19.1 Å². The summed E-state index contributed by atoms with van der Waals surface area (Å²) in [4.78, 5) is 26.4. The molecule has 0 atom stereocenters. The van der Waals surface area contributed by atoms with Crippen molar-refractivity contribution in [1.82, 2.24) is 20.2 Å². The number of nitrogens with zero attached hydrogens (tertiary/aromatic N) is 5. The van der Waals surface area contributed by atoms with E-state index >= 15 is 0 Å². The van der Waals surface area contributed by atoms with Gasteiger partial charge < -0.3 is 14.4 Å². The minimum Gasteiger partial charge on any atom is -0.465 e. The van der Waals surface area contributed by atoms with Crippen LogP contribution in [0.25, 0.3) is 5.69 Å². The number of rotatable bonds is 4. The SMILES string of the molecule is COC(=O)C1=C(C(=O)OC)N(c2cc(-n3cnnn3)ccc2C)C=CC=C1. The van der Waals surface area contributed by atoms with Crippen molar-refractivity contribution in [3.05, 3.63) is 65.8 Å². The molecule has 0 radical (unpaired) electrons. The van der Waals surface area contributed by atoms with Crippen molar-refractivity contribution in [2.75, 3.05) is 19.1 Å². The summed E-state index contributed by atoms with van der Waals surface area (Å²) in [5, 5.41) is 11.1. The third-order valence-electron chi connectivity index (χ3n) is 3.96. The van der Waals surface area contributed by atoms with E-state index in [1.807, 2.05) is 19.1 Å². The molecule has 3 rings (SSSR count). The Balaban J connectivity index is 2.20. The van der Waals surface area contributed by atoms with E-state index in [1.165, 1.54) is 31.3 Å². The van der Waals surface area contributed by atoms with Gasteiger partial charge in [-0.15, -0.1) is 5.10 Å². The maximum atomic E-state index is 12.5. The summed E-state index contributed by atoms with van der Waals surface area (Å²) >= 11 is 0. The van der Waals surface area contributed by atoms with E-state index in [2.05, 4.69) is 15.5 Å². The van der Waals surface area contributed by atoms with Crippen LogP contribution in [0.1, 0.15) is 5.56 Å². The van der Waals surface area contributed by atoms with Gasteiger partial charge in [0.2, 0.25) is 0 Å². The van der Waals surface area contributed by atoms with Gasteiger partial charge in [0.25, 0.3) is 0 Å². The molecule has 0 aliphatic carbocycles. The fourth-order valence-corrected chi connectivity index (χ4v) is 2.63. The third-order valence-corrected chi connectivity index (χ3v) is 3.96. The molecule has 0 saturated heterocycles. The van der Waals surface area contributed by atoms with Crippen LogP contribution in [0.15, 0.2) is 60.2 Å². The van der Waals surface area contributed by atoms with Gasteiger partial charge in [-0.1, -0.05) is 12.1 Å². The molecule has 2 heterocycles. The molecule has 0 fully saturated rings. The summed E-state index contributed by atoms with van der Waals surface area (Å²) < 4.78 is 11.2. The predicted molar refractivity (Wildman–Crippen MR) is 95.7 cm³/mol. The van der Waals surface area contributed by atoms with Crippen LogP contribution in [0.2, 0.25) is 0 Å². The number of carbonyl (C=O) groups is 2. The number of aromatic nitrogens is 4. The Hall–Kier alpha value is -3.75. The minimum atomic E-state index is -0.668. The Bertz CT molecular complexity index is 960. The lowest BCUT2D eigenvalue weighted by molar-refractivity contribution is -0.139. The Morgan fingerprint density at radius 3 is 2.52 bits per heavy atom. The van der Waals surface area contributed by atoms with Crippen LogP contribution >= 0.6 is 0 Å². The van der Waals surface area contributed by atoms with Crippen molar-refractivity contribution in [2.45, 2.75) is 6.92 Å². The average Bonchev–Trinajstić information content (AvgIpc) is 3.13. The third kappa shape index (κ3) is 3.47. The molecule has 0 bridgehead atoms. The van der Waals surface area contributed by atoms with E-state index < -0.39 is 11.9 Å². The molecule has 9 nitrogen and oxygen atoms in total. The standard InChI is InChI=1S/C18H17N5O4/c1-12-7-8-13(23-11-19-20-21-23)10-15(12)22-9-5-4-6-14(17(24)26-2)16(22)18(25)27-3/h4-11H,1-3H3. The number of allylic oxidation sites excluding steroid dienone is 2. The van der Waals surface area contributed by atoms with Crippen LogP contribution in [-0.4, -0.2) is 46.4 Å². The van der Waals surface area contributed by atoms with Gasteiger partial charge in [-0.05, 0) is 47.2 Å². The van der Waals surface area contributed by atoms with Gasteiger partial charge in [-0.25, -0.2) is 14.3 Å². The molecular formula is C18H17N5O4. The van der Waals surface area contributed by atoms with Gasteiger partial charge in [0.15, 0.2) is 0 Å². The quantitative estimate of drug-likeness (QED) is 0.749. The number of aryl methyl sites for hydroxylation is 1. The van der Waals surface area contributed by atoms with Crippen molar-refractivity contribution in [1.29, 1.82) is 0 Å². The number of hydrogen-bond donors (Lipinski definition) is 0. The normalized spacial score (nSPS) is 13.5. The summed E-state index contributed by atoms with van der Waals surface area (Å²) in [7, 11) is 2.51. The fraction of sp³-hybridized carbons (Fsp3) is 0.167. The van der Waals surface area contributed by atoms with Gasteiger partial charge in [-0.2, -0.15) is 0 Å². The van der Waals surface area contributed by atoms with Crippen LogP contribution in [0, 0.1) is 6.92 Å². The number of anilines is 1. The van der Waals surface area contributed by atoms with Crippen molar-refractivity contribution in [3.63, 3.8) is 0 Å². The molecule has 0 spiro atoms. The summed E-state index contributed by atoms with van der Waals surface area (Å²) in [5.74, 6) is -1.31. The molecule has 1 aromatic heterocycles. The second-order valence-electron chi connectivity index (χ2n) is 5.54. The van der Waals surface area contributed by atoms with Crippen LogP contribution in [0.5, 0.6) is 0 Å². The second kappa shape index (κ2) is 7.65. The molecule has 1 aromatic carbocycles. The molecule has 0 N–H and O–H groups in total. The van der Waals surface area contributed by atoms with E-state index in [4.69, 9.17) is 9.47 Å². The molecule has 9 heteroatoms. The first kappa shape index (κ1) is 18.1. The molecule has 2 aromatic rings. The van der Waals surface area contributed by atoms with E-state index in [0.717, 1.165) is 5.56 Å². The van der Waals surface area contributed by atoms with Crippen molar-refractivity contribution in [2.24, 2.45) is 0 Å². The minimum absolute atomic E-state index is 0.0475. The monoisotopic (exact) mass is 367 g/mol. The van der Waals surface area contributed by atoms with E-state index in [9.17, 15) is 9.59 Å². The summed E-state index contributed by atoms with van der Waals surface area (Å²) in [6.07, 6.45) is 8.00. The number of tetrazole rings is 1. The van der Waals surface area contributed by atoms with E-state index in [1.54, 1.807) is 29.3 Å². The molecular weight excluding hydrogens is 350 g/mol. The second-order valence-corrected chi connectivity index (χ2v) is 5.54. The lowest BCUT2D eigenvalue weighted by Crippen LogP contribution is -2.27. The lowest BCUT2D eigenvalue weighted by atomic mass is 10.1. The first-order valence-electron chi connectivity index (χ1n) is 7.96. The maximum absolute atomic E-state index is 12.5. The Labute approximate surface area is 155 Å². The molecule has 0 amide bonds. The van der Waals surface area contributed by atoms with Crippen LogP contribution < -0.4 is 4.90 Å². The van der Waals surface area contributed by atoms with E-state index in [0.29, 0.717) is 11.4 Å². The smallest absolute Gasteiger partial charge is 0.355 e. The molecule has 1 aliphatic rings. The van der Waals surface area contributed by atoms with Gasteiger partial charge in [0, 0.05) is 6.20 Å². The molecule has 0 saturated carbocycles. The van der Waals surface area contributed by atoms with Crippen LogP contribution in [0.3, 0.4) is 0 Å². The Morgan fingerprint density at radius 1 is 1.07 bits per heavy atom. The zero-order valence-corrected chi connectivity index (χ0v) is 15.0. The first-order valence-corrected chi connectivity index (χ1v) is 7.96. The number of benzene rings is 1.